The Morgan fingerprint density at radius 2 is 1.80 bits per heavy atom. The molecule has 3 aromatic carbocycles. The first kappa shape index (κ1) is 32.4. The molecule has 14 heteroatoms. The summed E-state index contributed by atoms with van der Waals surface area (Å²) in [5.41, 5.74) is 4.34. The molecule has 1 aliphatic rings. The number of hydrogen-bond donors (Lipinski definition) is 2. The number of rotatable bonds is 9. The minimum Gasteiger partial charge on any atom is -0.291 e. The molecule has 4 aromatic rings. The van der Waals surface area contributed by atoms with Gasteiger partial charge in [0.1, 0.15) is 17.7 Å². The number of benzene rings is 3. The Morgan fingerprint density at radius 1 is 1.09 bits per heavy atom. The second-order valence-corrected chi connectivity index (χ2v) is 14.0. The number of imidazole rings is 1. The van der Waals surface area contributed by atoms with Gasteiger partial charge in [-0.3, -0.25) is 9.99 Å². The number of carbonyl (C=O) groups excluding carboxylic acids is 1. The van der Waals surface area contributed by atoms with Gasteiger partial charge in [0.05, 0.1) is 22.3 Å². The fourth-order valence-corrected chi connectivity index (χ4v) is 7.31. The van der Waals surface area contributed by atoms with Crippen molar-refractivity contribution in [2.24, 2.45) is 0 Å². The van der Waals surface area contributed by atoms with E-state index in [4.69, 9.17) is 11.6 Å². The summed E-state index contributed by atoms with van der Waals surface area (Å²) in [6.07, 6.45) is 3.52. The summed E-state index contributed by atoms with van der Waals surface area (Å²) in [6.45, 7) is 5.14. The second kappa shape index (κ2) is 13.2. The molecule has 0 bridgehead atoms. The molecule has 9 nitrogen and oxygen atoms in total. The highest BCUT2D eigenvalue weighted by Crippen LogP contribution is 2.38. The number of nitrogens with zero attached hydrogens (tertiary/aromatic N) is 4. The SMILES string of the molecule is CC(C)(c1ccc(F)c(C#N)c1)c1cnc(SCc2ccc(S(=O)(=O)NC(=O)NN3CCCC3)cc2Cl)n1-c1ccc(F)cc1. The monoisotopic (exact) mass is 670 g/mol. The maximum Gasteiger partial charge on any atom is 0.343 e. The summed E-state index contributed by atoms with van der Waals surface area (Å²) in [5.74, 6) is -0.719. The number of sulfonamides is 1. The highest BCUT2D eigenvalue weighted by Gasteiger charge is 2.30. The van der Waals surface area contributed by atoms with Gasteiger partial charge in [0.2, 0.25) is 0 Å². The third-order valence-corrected chi connectivity index (χ3v) is 10.2. The van der Waals surface area contributed by atoms with Crippen LogP contribution in [-0.4, -0.2) is 42.1 Å². The summed E-state index contributed by atoms with van der Waals surface area (Å²) in [5, 5.41) is 11.8. The van der Waals surface area contributed by atoms with Crippen molar-refractivity contribution < 1.29 is 22.0 Å². The molecule has 0 saturated carbocycles. The van der Waals surface area contributed by atoms with Gasteiger partial charge in [-0.05, 0) is 72.5 Å². The third-order valence-electron chi connectivity index (χ3n) is 7.55. The number of amides is 2. The van der Waals surface area contributed by atoms with E-state index < -0.39 is 33.1 Å². The van der Waals surface area contributed by atoms with Crippen LogP contribution in [0.1, 0.15) is 49.1 Å². The average Bonchev–Trinajstić information content (AvgIpc) is 3.67. The highest BCUT2D eigenvalue weighted by atomic mass is 35.5. The number of thioether (sulfide) groups is 1. The molecule has 1 saturated heterocycles. The van der Waals surface area contributed by atoms with Gasteiger partial charge in [-0.2, -0.15) is 5.26 Å². The molecule has 2 N–H and O–H groups in total. The molecule has 0 radical (unpaired) electrons. The van der Waals surface area contributed by atoms with Crippen LogP contribution in [0.5, 0.6) is 0 Å². The van der Waals surface area contributed by atoms with Crippen LogP contribution in [0, 0.1) is 23.0 Å². The van der Waals surface area contributed by atoms with E-state index in [9.17, 15) is 27.3 Å². The van der Waals surface area contributed by atoms with E-state index in [1.807, 2.05) is 29.2 Å². The van der Waals surface area contributed by atoms with E-state index in [1.165, 1.54) is 48.2 Å². The highest BCUT2D eigenvalue weighted by molar-refractivity contribution is 7.98. The number of nitrogens with one attached hydrogen (secondary N) is 2. The Morgan fingerprint density at radius 3 is 2.47 bits per heavy atom. The molecule has 2 amide bonds. The summed E-state index contributed by atoms with van der Waals surface area (Å²) in [6, 6.07) is 15.5. The van der Waals surface area contributed by atoms with E-state index in [2.05, 4.69) is 10.4 Å². The third kappa shape index (κ3) is 7.15. The smallest absolute Gasteiger partial charge is 0.291 e. The van der Waals surface area contributed by atoms with Crippen molar-refractivity contribution in [2.75, 3.05) is 13.1 Å². The van der Waals surface area contributed by atoms with Gasteiger partial charge in [0.15, 0.2) is 5.16 Å². The first-order valence-corrected chi connectivity index (χ1v) is 16.8. The number of hydrogen-bond acceptors (Lipinski definition) is 7. The van der Waals surface area contributed by atoms with Gasteiger partial charge in [-0.1, -0.05) is 49.3 Å². The minimum absolute atomic E-state index is 0.0782. The predicted octanol–water partition coefficient (Wildman–Crippen LogP) is 6.29. The molecule has 0 atom stereocenters. The van der Waals surface area contributed by atoms with Crippen molar-refractivity contribution in [1.82, 2.24) is 24.7 Å². The summed E-state index contributed by atoms with van der Waals surface area (Å²) in [4.78, 5) is 16.7. The number of halogens is 3. The quantitative estimate of drug-likeness (QED) is 0.201. The Balaban J connectivity index is 1.40. The van der Waals surface area contributed by atoms with Crippen LogP contribution in [0.15, 0.2) is 76.9 Å². The van der Waals surface area contributed by atoms with Crippen molar-refractivity contribution in [1.29, 1.82) is 5.26 Å². The van der Waals surface area contributed by atoms with Crippen LogP contribution in [0.2, 0.25) is 5.02 Å². The first-order chi connectivity index (χ1) is 21.4. The first-order valence-electron chi connectivity index (χ1n) is 13.9. The van der Waals surface area contributed by atoms with Crippen LogP contribution in [0.4, 0.5) is 13.6 Å². The summed E-state index contributed by atoms with van der Waals surface area (Å²) in [7, 11) is -4.17. The maximum atomic E-state index is 14.1. The van der Waals surface area contributed by atoms with Crippen LogP contribution < -0.4 is 10.1 Å². The summed E-state index contributed by atoms with van der Waals surface area (Å²) >= 11 is 7.83. The van der Waals surface area contributed by atoms with Gasteiger partial charge in [0, 0.05) is 35.0 Å². The molecule has 0 spiro atoms. The lowest BCUT2D eigenvalue weighted by atomic mass is 9.81. The number of aromatic nitrogens is 2. The molecule has 0 aliphatic carbocycles. The van der Waals surface area contributed by atoms with Gasteiger partial charge in [-0.25, -0.2) is 36.7 Å². The largest absolute Gasteiger partial charge is 0.343 e. The fraction of sp³-hybridized carbons (Fsp3) is 0.258. The van der Waals surface area contributed by atoms with Gasteiger partial charge >= 0.3 is 6.03 Å². The number of nitriles is 1. The summed E-state index contributed by atoms with van der Waals surface area (Å²) < 4.78 is 57.5. The van der Waals surface area contributed by atoms with Crippen LogP contribution in [-0.2, 0) is 21.2 Å². The van der Waals surface area contributed by atoms with Crippen molar-refractivity contribution in [3.05, 3.63) is 106 Å². The predicted molar refractivity (Wildman–Crippen MR) is 167 cm³/mol. The van der Waals surface area contributed by atoms with Crippen molar-refractivity contribution >= 4 is 39.4 Å². The molecule has 0 unspecified atom stereocenters. The average molecular weight is 671 g/mol. The van der Waals surface area contributed by atoms with Crippen molar-refractivity contribution in [3.8, 4) is 11.8 Å². The zero-order chi connectivity index (χ0) is 32.4. The lowest BCUT2D eigenvalue weighted by Gasteiger charge is -2.27. The van der Waals surface area contributed by atoms with Crippen molar-refractivity contribution in [2.45, 2.75) is 47.9 Å². The van der Waals surface area contributed by atoms with Gasteiger partial charge in [-0.15, -0.1) is 0 Å². The molecule has 1 aliphatic heterocycles. The number of hydrazine groups is 1. The van der Waals surface area contributed by atoms with E-state index in [-0.39, 0.29) is 15.5 Å². The zero-order valence-corrected chi connectivity index (χ0v) is 26.7. The fourth-order valence-electron chi connectivity index (χ4n) is 5.00. The van der Waals surface area contributed by atoms with E-state index >= 15 is 0 Å². The van der Waals surface area contributed by atoms with E-state index in [0.29, 0.717) is 46.5 Å². The maximum absolute atomic E-state index is 14.1. The van der Waals surface area contributed by atoms with E-state index in [1.54, 1.807) is 35.5 Å². The lowest BCUT2D eigenvalue weighted by molar-refractivity contribution is 0.202. The molecule has 1 fully saturated rings. The lowest BCUT2D eigenvalue weighted by Crippen LogP contribution is -2.47. The number of carbonyl (C=O) groups is 1. The zero-order valence-electron chi connectivity index (χ0n) is 24.4. The molecular weight excluding hydrogens is 642 g/mol. The minimum atomic E-state index is -4.17. The molecular formula is C31H29ClF2N6O3S2. The molecule has 2 heterocycles. The topological polar surface area (TPSA) is 120 Å². The second-order valence-electron chi connectivity index (χ2n) is 11.0. The normalized spacial score (nSPS) is 13.9. The molecule has 5 rings (SSSR count). The molecule has 1 aromatic heterocycles. The van der Waals surface area contributed by atoms with Crippen LogP contribution in [0.3, 0.4) is 0 Å². The van der Waals surface area contributed by atoms with Crippen molar-refractivity contribution in [3.63, 3.8) is 0 Å². The molecule has 234 valence electrons. The standard InChI is InChI=1S/C31H29ClF2N6O3S2/c1-31(2,22-6-12-27(34)21(15-22)17-35)28-18-36-30(40(28)24-9-7-23(33)8-10-24)44-19-20-5-11-25(16-26(20)32)45(42,43)38-29(41)37-39-13-3-4-14-39/h5-12,15-16,18H,3-4,13-14,19H2,1-2H3,(H2,37,38,41). The van der Waals surface area contributed by atoms with Gasteiger partial charge in [0.25, 0.3) is 10.0 Å². The Labute approximate surface area is 269 Å². The van der Waals surface area contributed by atoms with Crippen LogP contribution in [0.25, 0.3) is 5.69 Å². The van der Waals surface area contributed by atoms with E-state index in [0.717, 1.165) is 12.8 Å². The Kier molecular flexibility index (Phi) is 9.50. The Hall–Kier alpha value is -3.96. The molecule has 45 heavy (non-hydrogen) atoms. The van der Waals surface area contributed by atoms with Crippen LogP contribution >= 0.6 is 23.4 Å². The number of urea groups is 1. The van der Waals surface area contributed by atoms with Gasteiger partial charge < -0.3 is 0 Å². The Bertz CT molecular complexity index is 1890.